The zero-order chi connectivity index (χ0) is 16.8. The van der Waals surface area contributed by atoms with Crippen molar-refractivity contribution in [2.45, 2.75) is 31.6 Å². The Balaban J connectivity index is 1.92. The van der Waals surface area contributed by atoms with E-state index in [2.05, 4.69) is 66.7 Å². The molecule has 0 N–H and O–H groups in total. The van der Waals surface area contributed by atoms with Crippen LogP contribution in [-0.2, 0) is 4.79 Å². The summed E-state index contributed by atoms with van der Waals surface area (Å²) in [5.41, 5.74) is 1.23. The molecule has 0 aliphatic heterocycles. The Labute approximate surface area is 147 Å². The number of hydrogen-bond donors (Lipinski definition) is 0. The molecule has 1 aliphatic carbocycles. The molecule has 1 heteroatoms. The molecule has 1 fully saturated rings. The van der Waals surface area contributed by atoms with E-state index >= 15 is 0 Å². The van der Waals surface area contributed by atoms with Crippen LogP contribution in [0, 0.1) is 0 Å². The third-order valence-electron chi connectivity index (χ3n) is 5.73. The summed E-state index contributed by atoms with van der Waals surface area (Å²) in [6, 6.07) is 23.8. The molecule has 4 aromatic rings. The van der Waals surface area contributed by atoms with Crippen molar-refractivity contribution in [1.82, 2.24) is 0 Å². The van der Waals surface area contributed by atoms with Crippen LogP contribution in [0.2, 0.25) is 0 Å². The average molecular weight is 324 g/mol. The van der Waals surface area contributed by atoms with Crippen LogP contribution in [0.4, 0.5) is 0 Å². The number of rotatable bonds is 1. The highest BCUT2D eigenvalue weighted by molar-refractivity contribution is 6.18. The van der Waals surface area contributed by atoms with Gasteiger partial charge in [-0.05, 0) is 56.8 Å². The minimum absolute atomic E-state index is 0.0574. The van der Waals surface area contributed by atoms with Crippen molar-refractivity contribution in [3.05, 3.63) is 72.3 Å². The van der Waals surface area contributed by atoms with Crippen molar-refractivity contribution in [2.75, 3.05) is 0 Å². The molecule has 0 aromatic heterocycles. The Kier molecular flexibility index (Phi) is 3.34. The van der Waals surface area contributed by atoms with Gasteiger partial charge in [-0.2, -0.15) is 0 Å². The molecule has 1 unspecified atom stereocenters. The summed E-state index contributed by atoms with van der Waals surface area (Å²) in [6.45, 7) is 0. The van der Waals surface area contributed by atoms with Crippen LogP contribution in [-0.4, -0.2) is 5.78 Å². The molecule has 1 atom stereocenters. The van der Waals surface area contributed by atoms with Gasteiger partial charge < -0.3 is 0 Å². The van der Waals surface area contributed by atoms with Gasteiger partial charge in [-0.3, -0.25) is 4.79 Å². The molecule has 0 bridgehead atoms. The molecule has 1 nitrogen and oxygen atoms in total. The van der Waals surface area contributed by atoms with Crippen LogP contribution in [0.5, 0.6) is 0 Å². The maximum absolute atomic E-state index is 12.6. The highest BCUT2D eigenvalue weighted by Gasteiger charge is 2.26. The normalized spacial score (nSPS) is 18.2. The fraction of sp³-hybridized carbons (Fsp3) is 0.208. The van der Waals surface area contributed by atoms with E-state index in [1.165, 1.54) is 37.9 Å². The predicted octanol–water partition coefficient (Wildman–Crippen LogP) is 6.37. The van der Waals surface area contributed by atoms with Gasteiger partial charge in [0.1, 0.15) is 5.78 Å². The molecule has 0 radical (unpaired) electrons. The predicted molar refractivity (Wildman–Crippen MR) is 105 cm³/mol. The van der Waals surface area contributed by atoms with E-state index in [-0.39, 0.29) is 5.92 Å². The molecule has 0 saturated heterocycles. The third kappa shape index (κ3) is 2.26. The van der Waals surface area contributed by atoms with Gasteiger partial charge in [0.15, 0.2) is 0 Å². The van der Waals surface area contributed by atoms with Gasteiger partial charge in [0.05, 0.1) is 0 Å². The van der Waals surface area contributed by atoms with Gasteiger partial charge in [-0.1, -0.05) is 67.1 Å². The standard InChI is InChI=1S/C24H20O/c25-24-12-6-5-11-21(24)23-15-22-17-8-2-1-7-16(17)13-14-20(22)18-9-3-4-10-19(18)23/h1-4,7-10,13-15,21H,5-6,11-12H2. The van der Waals surface area contributed by atoms with Crippen LogP contribution in [0.15, 0.2) is 66.7 Å². The monoisotopic (exact) mass is 324 g/mol. The maximum Gasteiger partial charge on any atom is 0.140 e. The summed E-state index contributed by atoms with van der Waals surface area (Å²) in [4.78, 5) is 12.6. The molecule has 0 spiro atoms. The van der Waals surface area contributed by atoms with Gasteiger partial charge in [-0.25, -0.2) is 0 Å². The Morgan fingerprint density at radius 2 is 1.40 bits per heavy atom. The zero-order valence-corrected chi connectivity index (χ0v) is 14.2. The van der Waals surface area contributed by atoms with E-state index < -0.39 is 0 Å². The van der Waals surface area contributed by atoms with Crippen molar-refractivity contribution in [1.29, 1.82) is 0 Å². The highest BCUT2D eigenvalue weighted by atomic mass is 16.1. The van der Waals surface area contributed by atoms with Gasteiger partial charge in [0.25, 0.3) is 0 Å². The first-order valence-electron chi connectivity index (χ1n) is 9.19. The number of hydrogen-bond acceptors (Lipinski definition) is 1. The minimum Gasteiger partial charge on any atom is -0.299 e. The van der Waals surface area contributed by atoms with Gasteiger partial charge in [0, 0.05) is 12.3 Å². The maximum atomic E-state index is 12.6. The zero-order valence-electron chi connectivity index (χ0n) is 14.2. The van der Waals surface area contributed by atoms with Crippen LogP contribution in [0.25, 0.3) is 32.3 Å². The van der Waals surface area contributed by atoms with E-state index in [1.807, 2.05) is 0 Å². The van der Waals surface area contributed by atoms with Crippen LogP contribution >= 0.6 is 0 Å². The van der Waals surface area contributed by atoms with Crippen molar-refractivity contribution in [2.24, 2.45) is 0 Å². The van der Waals surface area contributed by atoms with E-state index in [9.17, 15) is 4.79 Å². The van der Waals surface area contributed by atoms with E-state index in [0.29, 0.717) is 5.78 Å². The van der Waals surface area contributed by atoms with Crippen molar-refractivity contribution in [3.63, 3.8) is 0 Å². The van der Waals surface area contributed by atoms with Crippen molar-refractivity contribution < 1.29 is 4.79 Å². The summed E-state index contributed by atoms with van der Waals surface area (Å²) in [5, 5.41) is 7.58. The number of fused-ring (bicyclic) bond motifs is 5. The van der Waals surface area contributed by atoms with Crippen LogP contribution in [0.3, 0.4) is 0 Å². The Morgan fingerprint density at radius 1 is 0.680 bits per heavy atom. The molecule has 4 aromatic carbocycles. The van der Waals surface area contributed by atoms with Crippen molar-refractivity contribution in [3.8, 4) is 0 Å². The van der Waals surface area contributed by atoms with E-state index in [1.54, 1.807) is 0 Å². The van der Waals surface area contributed by atoms with Gasteiger partial charge in [0.2, 0.25) is 0 Å². The lowest BCUT2D eigenvalue weighted by molar-refractivity contribution is -0.121. The minimum atomic E-state index is 0.0574. The van der Waals surface area contributed by atoms with Gasteiger partial charge >= 0.3 is 0 Å². The summed E-state index contributed by atoms with van der Waals surface area (Å²) >= 11 is 0. The summed E-state index contributed by atoms with van der Waals surface area (Å²) < 4.78 is 0. The summed E-state index contributed by atoms with van der Waals surface area (Å²) in [6.07, 6.45) is 3.91. The van der Waals surface area contributed by atoms with Crippen LogP contribution < -0.4 is 0 Å². The van der Waals surface area contributed by atoms with Gasteiger partial charge in [-0.15, -0.1) is 0 Å². The van der Waals surface area contributed by atoms with Crippen LogP contribution in [0.1, 0.15) is 37.2 Å². The summed E-state index contributed by atoms with van der Waals surface area (Å²) in [5.74, 6) is 0.470. The number of carbonyl (C=O) groups excluding carboxylic acids is 1. The molecule has 5 rings (SSSR count). The largest absolute Gasteiger partial charge is 0.299 e. The molecule has 25 heavy (non-hydrogen) atoms. The van der Waals surface area contributed by atoms with E-state index in [0.717, 1.165) is 25.7 Å². The molecule has 122 valence electrons. The lowest BCUT2D eigenvalue weighted by Gasteiger charge is -2.23. The summed E-state index contributed by atoms with van der Waals surface area (Å²) in [7, 11) is 0. The number of benzene rings is 4. The van der Waals surface area contributed by atoms with Crippen molar-refractivity contribution >= 4 is 38.1 Å². The third-order valence-corrected chi connectivity index (χ3v) is 5.73. The molecular weight excluding hydrogens is 304 g/mol. The SMILES string of the molecule is O=C1CCCCC1c1cc2c3ccccc3ccc2c2ccccc12. The highest BCUT2D eigenvalue weighted by Crippen LogP contribution is 2.39. The quantitative estimate of drug-likeness (QED) is 0.372. The lowest BCUT2D eigenvalue weighted by atomic mass is 9.79. The Hall–Kier alpha value is -2.67. The van der Waals surface area contributed by atoms with E-state index in [4.69, 9.17) is 0 Å². The second-order valence-corrected chi connectivity index (χ2v) is 7.16. The topological polar surface area (TPSA) is 17.1 Å². The lowest BCUT2D eigenvalue weighted by Crippen LogP contribution is -2.17. The molecule has 1 saturated carbocycles. The first-order valence-corrected chi connectivity index (χ1v) is 9.19. The number of ketones is 1. The average Bonchev–Trinajstić information content (AvgIpc) is 2.67. The first-order chi connectivity index (χ1) is 12.3. The molecular formula is C24H20O. The fourth-order valence-electron chi connectivity index (χ4n) is 4.49. The number of Topliss-reactive ketones (excluding diaryl/α,β-unsaturated/α-hetero) is 1. The molecule has 0 amide bonds. The smallest absolute Gasteiger partial charge is 0.140 e. The Bertz CT molecular complexity index is 1120. The second kappa shape index (κ2) is 5.70. The molecule has 0 heterocycles. The second-order valence-electron chi connectivity index (χ2n) is 7.16. The Morgan fingerprint density at radius 3 is 2.24 bits per heavy atom. The number of carbonyl (C=O) groups is 1. The fourth-order valence-corrected chi connectivity index (χ4v) is 4.49. The molecule has 1 aliphatic rings. The first kappa shape index (κ1) is 14.7.